The first-order chi connectivity index (χ1) is 7.78. The molecule has 17 heavy (non-hydrogen) atoms. The average molecular weight is 253 g/mol. The Bertz CT molecular complexity index is 232. The third-order valence-electron chi connectivity index (χ3n) is 3.35. The lowest BCUT2D eigenvalue weighted by Gasteiger charge is -2.38. The summed E-state index contributed by atoms with van der Waals surface area (Å²) in [6.07, 6.45) is -4.21. The minimum absolute atomic E-state index is 0.0254. The third-order valence-corrected chi connectivity index (χ3v) is 3.35. The number of hydrogen-bond donors (Lipinski definition) is 1. The Labute approximate surface area is 101 Å². The Morgan fingerprint density at radius 3 is 2.53 bits per heavy atom. The molecule has 0 spiro atoms. The van der Waals surface area contributed by atoms with Crippen LogP contribution in [0, 0.1) is 0 Å². The van der Waals surface area contributed by atoms with Crippen LogP contribution < -0.4 is 5.73 Å². The Morgan fingerprint density at radius 2 is 1.94 bits per heavy atom. The van der Waals surface area contributed by atoms with E-state index in [2.05, 4.69) is 9.80 Å². The van der Waals surface area contributed by atoms with Gasteiger partial charge in [-0.1, -0.05) is 0 Å². The second-order valence-electron chi connectivity index (χ2n) is 5.05. The Morgan fingerprint density at radius 1 is 1.29 bits per heavy atom. The standard InChI is InChI=1S/C11H22F3N3/c1-16-5-6-17(2)10(8-16)7-9(15)3-4-11(12,13)14/h9-10H,3-8,15H2,1-2H3. The van der Waals surface area contributed by atoms with Crippen LogP contribution in [0.1, 0.15) is 19.3 Å². The molecule has 102 valence electrons. The second kappa shape index (κ2) is 6.02. The minimum Gasteiger partial charge on any atom is -0.328 e. The highest BCUT2D eigenvalue weighted by Crippen LogP contribution is 2.23. The van der Waals surface area contributed by atoms with Crippen molar-refractivity contribution in [1.29, 1.82) is 0 Å². The zero-order chi connectivity index (χ0) is 13.1. The zero-order valence-corrected chi connectivity index (χ0v) is 10.5. The van der Waals surface area contributed by atoms with Gasteiger partial charge < -0.3 is 15.5 Å². The number of rotatable bonds is 4. The summed E-state index contributed by atoms with van der Waals surface area (Å²) < 4.78 is 36.2. The third kappa shape index (κ3) is 5.70. The largest absolute Gasteiger partial charge is 0.389 e. The van der Waals surface area contributed by atoms with Crippen LogP contribution in [-0.4, -0.2) is 61.8 Å². The molecule has 1 fully saturated rings. The topological polar surface area (TPSA) is 32.5 Å². The van der Waals surface area contributed by atoms with Crippen molar-refractivity contribution in [1.82, 2.24) is 9.80 Å². The van der Waals surface area contributed by atoms with Crippen LogP contribution in [0.5, 0.6) is 0 Å². The van der Waals surface area contributed by atoms with Gasteiger partial charge in [-0.15, -0.1) is 0 Å². The molecule has 0 saturated carbocycles. The molecule has 3 nitrogen and oxygen atoms in total. The number of nitrogens with two attached hydrogens (primary N) is 1. The van der Waals surface area contributed by atoms with Gasteiger partial charge in [0, 0.05) is 38.1 Å². The molecule has 1 aliphatic rings. The lowest BCUT2D eigenvalue weighted by atomic mass is 10.0. The highest BCUT2D eigenvalue weighted by atomic mass is 19.4. The number of likely N-dealkylation sites (N-methyl/N-ethyl adjacent to an activating group) is 2. The summed E-state index contributed by atoms with van der Waals surface area (Å²) in [4.78, 5) is 4.38. The molecule has 0 aromatic heterocycles. The van der Waals surface area contributed by atoms with Gasteiger partial charge in [0.2, 0.25) is 0 Å². The van der Waals surface area contributed by atoms with Crippen molar-refractivity contribution in [3.05, 3.63) is 0 Å². The lowest BCUT2D eigenvalue weighted by molar-refractivity contribution is -0.136. The summed E-state index contributed by atoms with van der Waals surface area (Å²) in [7, 11) is 4.04. The Kier molecular flexibility index (Phi) is 5.22. The van der Waals surface area contributed by atoms with Gasteiger partial charge >= 0.3 is 6.18 Å². The fourth-order valence-corrected chi connectivity index (χ4v) is 2.17. The van der Waals surface area contributed by atoms with Gasteiger partial charge in [-0.2, -0.15) is 13.2 Å². The predicted molar refractivity (Wildman–Crippen MR) is 61.8 cm³/mol. The van der Waals surface area contributed by atoms with Crippen LogP contribution in [0.2, 0.25) is 0 Å². The summed E-state index contributed by atoms with van der Waals surface area (Å²) in [6.45, 7) is 2.84. The summed E-state index contributed by atoms with van der Waals surface area (Å²) in [5.74, 6) is 0. The monoisotopic (exact) mass is 253 g/mol. The van der Waals surface area contributed by atoms with Crippen molar-refractivity contribution >= 4 is 0 Å². The summed E-state index contributed by atoms with van der Waals surface area (Å²) in [5.41, 5.74) is 5.77. The molecule has 6 heteroatoms. The first-order valence-corrected chi connectivity index (χ1v) is 5.99. The van der Waals surface area contributed by atoms with Crippen LogP contribution in [0.3, 0.4) is 0 Å². The Balaban J connectivity index is 2.31. The number of nitrogens with zero attached hydrogens (tertiary/aromatic N) is 2. The maximum Gasteiger partial charge on any atom is 0.389 e. The maximum atomic E-state index is 12.1. The average Bonchev–Trinajstić information content (AvgIpc) is 2.20. The van der Waals surface area contributed by atoms with Crippen molar-refractivity contribution in [2.75, 3.05) is 33.7 Å². The predicted octanol–water partition coefficient (Wildman–Crippen LogP) is 1.29. The van der Waals surface area contributed by atoms with Gasteiger partial charge in [-0.05, 0) is 26.9 Å². The molecular formula is C11H22F3N3. The zero-order valence-electron chi connectivity index (χ0n) is 10.5. The molecule has 1 heterocycles. The highest BCUT2D eigenvalue weighted by Gasteiger charge is 2.29. The molecule has 1 saturated heterocycles. The van der Waals surface area contributed by atoms with Crippen molar-refractivity contribution in [3.8, 4) is 0 Å². The molecule has 2 atom stereocenters. The molecule has 1 rings (SSSR count). The van der Waals surface area contributed by atoms with Gasteiger partial charge in [-0.3, -0.25) is 0 Å². The maximum absolute atomic E-state index is 12.1. The molecule has 2 N–H and O–H groups in total. The molecule has 0 bridgehead atoms. The summed E-state index contributed by atoms with van der Waals surface area (Å²) in [6, 6.07) is -0.0902. The van der Waals surface area contributed by atoms with Crippen molar-refractivity contribution < 1.29 is 13.2 Å². The summed E-state index contributed by atoms with van der Waals surface area (Å²) in [5, 5.41) is 0. The van der Waals surface area contributed by atoms with Crippen LogP contribution >= 0.6 is 0 Å². The van der Waals surface area contributed by atoms with E-state index in [1.54, 1.807) is 0 Å². The lowest BCUT2D eigenvalue weighted by Crippen LogP contribution is -2.51. The van der Waals surface area contributed by atoms with E-state index in [9.17, 15) is 13.2 Å². The van der Waals surface area contributed by atoms with Gasteiger partial charge in [0.1, 0.15) is 0 Å². The van der Waals surface area contributed by atoms with Crippen molar-refractivity contribution in [2.45, 2.75) is 37.5 Å². The van der Waals surface area contributed by atoms with Crippen LogP contribution in [0.15, 0.2) is 0 Å². The van der Waals surface area contributed by atoms with Gasteiger partial charge in [0.15, 0.2) is 0 Å². The van der Waals surface area contributed by atoms with Crippen molar-refractivity contribution in [2.24, 2.45) is 5.73 Å². The number of piperazine rings is 1. The smallest absolute Gasteiger partial charge is 0.328 e. The normalized spacial score (nSPS) is 26.1. The number of alkyl halides is 3. The molecule has 0 aliphatic carbocycles. The highest BCUT2D eigenvalue weighted by molar-refractivity contribution is 4.82. The fraction of sp³-hybridized carbons (Fsp3) is 1.00. The van der Waals surface area contributed by atoms with Crippen LogP contribution in [-0.2, 0) is 0 Å². The van der Waals surface area contributed by atoms with E-state index in [0.717, 1.165) is 19.6 Å². The fourth-order valence-electron chi connectivity index (χ4n) is 2.17. The number of halogens is 3. The van der Waals surface area contributed by atoms with Crippen LogP contribution in [0.4, 0.5) is 13.2 Å². The van der Waals surface area contributed by atoms with E-state index in [1.807, 2.05) is 14.1 Å². The van der Waals surface area contributed by atoms with E-state index in [0.29, 0.717) is 6.42 Å². The van der Waals surface area contributed by atoms with Gasteiger partial charge in [-0.25, -0.2) is 0 Å². The number of hydrogen-bond acceptors (Lipinski definition) is 3. The molecule has 0 amide bonds. The minimum atomic E-state index is -4.09. The van der Waals surface area contributed by atoms with E-state index in [4.69, 9.17) is 5.73 Å². The van der Waals surface area contributed by atoms with E-state index < -0.39 is 12.6 Å². The summed E-state index contributed by atoms with van der Waals surface area (Å²) >= 11 is 0. The molecule has 0 radical (unpaired) electrons. The van der Waals surface area contributed by atoms with Gasteiger partial charge in [0.05, 0.1) is 0 Å². The Hall–Kier alpha value is -0.330. The van der Waals surface area contributed by atoms with Crippen molar-refractivity contribution in [3.63, 3.8) is 0 Å². The first kappa shape index (κ1) is 14.7. The van der Waals surface area contributed by atoms with E-state index in [1.165, 1.54) is 0 Å². The molecule has 2 unspecified atom stereocenters. The molecule has 0 aromatic carbocycles. The molecular weight excluding hydrogens is 231 g/mol. The van der Waals surface area contributed by atoms with E-state index in [-0.39, 0.29) is 18.5 Å². The van der Waals surface area contributed by atoms with Gasteiger partial charge in [0.25, 0.3) is 0 Å². The first-order valence-electron chi connectivity index (χ1n) is 5.99. The molecule has 0 aromatic rings. The molecule has 1 aliphatic heterocycles. The van der Waals surface area contributed by atoms with Crippen LogP contribution in [0.25, 0.3) is 0 Å². The SMILES string of the molecule is CN1CCN(C)C(CC(N)CCC(F)(F)F)C1. The second-order valence-corrected chi connectivity index (χ2v) is 5.05. The van der Waals surface area contributed by atoms with E-state index >= 15 is 0 Å². The quantitative estimate of drug-likeness (QED) is 0.819.